The number of hydrogen-bond donors (Lipinski definition) is 1. The molecule has 1 aliphatic carbocycles. The highest BCUT2D eigenvalue weighted by molar-refractivity contribution is 7.13. The van der Waals surface area contributed by atoms with Gasteiger partial charge in [-0.1, -0.05) is 0 Å². The summed E-state index contributed by atoms with van der Waals surface area (Å²) in [5, 5.41) is 2.09. The van der Waals surface area contributed by atoms with E-state index in [1.54, 1.807) is 18.4 Å². The van der Waals surface area contributed by atoms with Crippen molar-refractivity contribution in [2.75, 3.05) is 12.8 Å². The van der Waals surface area contributed by atoms with Crippen molar-refractivity contribution in [2.24, 2.45) is 0 Å². The van der Waals surface area contributed by atoms with Gasteiger partial charge >= 0.3 is 0 Å². The lowest BCUT2D eigenvalue weighted by atomic mass is 9.96. The molecule has 0 saturated carbocycles. The zero-order chi connectivity index (χ0) is 11.1. The van der Waals surface area contributed by atoms with Crippen molar-refractivity contribution < 1.29 is 4.74 Å². The number of methoxy groups -OCH3 is 1. The van der Waals surface area contributed by atoms with E-state index in [1.165, 1.54) is 10.4 Å². The standard InChI is InChI=1S/C11H11N3OS/c1-15-10-7-3-2-6-4-5-16-9(6)8(7)13-11(12)14-10/h4-5H,2-3H2,1H3,(H2,12,13,14). The molecule has 0 radical (unpaired) electrons. The third kappa shape index (κ3) is 1.28. The van der Waals surface area contributed by atoms with Gasteiger partial charge in [0.05, 0.1) is 17.7 Å². The molecule has 0 unspecified atom stereocenters. The van der Waals surface area contributed by atoms with Crippen LogP contribution in [0.25, 0.3) is 10.6 Å². The number of fused-ring (bicyclic) bond motifs is 3. The first-order chi connectivity index (χ1) is 7.79. The Morgan fingerprint density at radius 2 is 2.25 bits per heavy atom. The molecule has 0 spiro atoms. The summed E-state index contributed by atoms with van der Waals surface area (Å²) < 4.78 is 5.26. The Morgan fingerprint density at radius 3 is 3.06 bits per heavy atom. The van der Waals surface area contributed by atoms with E-state index in [-0.39, 0.29) is 5.95 Å². The normalized spacial score (nSPS) is 13.1. The number of thiophene rings is 1. The van der Waals surface area contributed by atoms with Crippen molar-refractivity contribution in [3.63, 3.8) is 0 Å². The van der Waals surface area contributed by atoms with Gasteiger partial charge in [-0.3, -0.25) is 0 Å². The molecular weight excluding hydrogens is 222 g/mol. The maximum Gasteiger partial charge on any atom is 0.223 e. The Kier molecular flexibility index (Phi) is 2.07. The molecule has 0 amide bonds. The van der Waals surface area contributed by atoms with Crippen LogP contribution >= 0.6 is 11.3 Å². The number of nitrogens with zero attached hydrogens (tertiary/aromatic N) is 2. The van der Waals surface area contributed by atoms with Gasteiger partial charge in [0.2, 0.25) is 11.8 Å². The van der Waals surface area contributed by atoms with Crippen LogP contribution < -0.4 is 10.5 Å². The van der Waals surface area contributed by atoms with Crippen LogP contribution in [0.15, 0.2) is 11.4 Å². The zero-order valence-electron chi connectivity index (χ0n) is 8.86. The summed E-state index contributed by atoms with van der Waals surface area (Å²) in [5.41, 5.74) is 9.05. The predicted molar refractivity (Wildman–Crippen MR) is 63.7 cm³/mol. The SMILES string of the molecule is COc1nc(N)nc2c1CCc1ccsc1-2. The Labute approximate surface area is 97.1 Å². The molecule has 2 aromatic heterocycles. The molecule has 4 nitrogen and oxygen atoms in total. The maximum atomic E-state index is 5.69. The molecule has 1 aliphatic rings. The van der Waals surface area contributed by atoms with Crippen molar-refractivity contribution in [3.05, 3.63) is 22.6 Å². The van der Waals surface area contributed by atoms with Crippen LogP contribution in [-0.4, -0.2) is 17.1 Å². The fourth-order valence-corrected chi connectivity index (χ4v) is 3.03. The first-order valence-corrected chi connectivity index (χ1v) is 5.94. The smallest absolute Gasteiger partial charge is 0.223 e. The Bertz CT molecular complexity index is 550. The molecule has 0 bridgehead atoms. The molecule has 3 rings (SSSR count). The Balaban J connectivity index is 2.28. The number of anilines is 1. The van der Waals surface area contributed by atoms with E-state index < -0.39 is 0 Å². The molecular formula is C11H11N3OS. The summed E-state index contributed by atoms with van der Waals surface area (Å²) >= 11 is 1.69. The van der Waals surface area contributed by atoms with Gasteiger partial charge in [0.1, 0.15) is 0 Å². The van der Waals surface area contributed by atoms with Crippen molar-refractivity contribution in [1.29, 1.82) is 0 Å². The molecule has 2 aromatic rings. The van der Waals surface area contributed by atoms with Gasteiger partial charge in [-0.25, -0.2) is 4.98 Å². The Morgan fingerprint density at radius 1 is 1.38 bits per heavy atom. The van der Waals surface area contributed by atoms with Crippen molar-refractivity contribution in [3.8, 4) is 16.5 Å². The molecule has 0 aromatic carbocycles. The quantitative estimate of drug-likeness (QED) is 0.817. The average molecular weight is 233 g/mol. The van der Waals surface area contributed by atoms with Crippen LogP contribution in [0.3, 0.4) is 0 Å². The van der Waals surface area contributed by atoms with Crippen LogP contribution in [0.1, 0.15) is 11.1 Å². The van der Waals surface area contributed by atoms with Gasteiger partial charge in [0.15, 0.2) is 0 Å². The predicted octanol–water partition coefficient (Wildman–Crippen LogP) is 1.89. The summed E-state index contributed by atoms with van der Waals surface area (Å²) in [6.45, 7) is 0. The number of nitrogen functional groups attached to an aromatic ring is 1. The molecule has 2 heterocycles. The largest absolute Gasteiger partial charge is 0.481 e. The second-order valence-electron chi connectivity index (χ2n) is 3.69. The van der Waals surface area contributed by atoms with E-state index in [0.717, 1.165) is 24.1 Å². The first-order valence-electron chi connectivity index (χ1n) is 5.06. The van der Waals surface area contributed by atoms with Gasteiger partial charge in [0.25, 0.3) is 0 Å². The van der Waals surface area contributed by atoms with Gasteiger partial charge in [0, 0.05) is 5.56 Å². The van der Waals surface area contributed by atoms with Crippen LogP contribution in [0.4, 0.5) is 5.95 Å². The van der Waals surface area contributed by atoms with E-state index in [4.69, 9.17) is 10.5 Å². The first kappa shape index (κ1) is 9.59. The monoisotopic (exact) mass is 233 g/mol. The molecule has 0 saturated heterocycles. The summed E-state index contributed by atoms with van der Waals surface area (Å²) in [7, 11) is 1.62. The number of rotatable bonds is 1. The zero-order valence-corrected chi connectivity index (χ0v) is 9.67. The van der Waals surface area contributed by atoms with Crippen molar-refractivity contribution in [1.82, 2.24) is 9.97 Å². The molecule has 5 heteroatoms. The van der Waals surface area contributed by atoms with Gasteiger partial charge in [-0.2, -0.15) is 4.98 Å². The molecule has 0 fully saturated rings. The minimum Gasteiger partial charge on any atom is -0.481 e. The summed E-state index contributed by atoms with van der Waals surface area (Å²) in [4.78, 5) is 9.65. The number of hydrogen-bond acceptors (Lipinski definition) is 5. The van der Waals surface area contributed by atoms with Crippen molar-refractivity contribution >= 4 is 17.3 Å². The Hall–Kier alpha value is -1.62. The lowest BCUT2D eigenvalue weighted by Gasteiger charge is -2.17. The third-order valence-electron chi connectivity index (χ3n) is 2.79. The molecule has 82 valence electrons. The van der Waals surface area contributed by atoms with E-state index in [0.29, 0.717) is 5.88 Å². The fourth-order valence-electron chi connectivity index (χ4n) is 2.06. The second kappa shape index (κ2) is 3.45. The molecule has 0 atom stereocenters. The molecule has 2 N–H and O–H groups in total. The van der Waals surface area contributed by atoms with Gasteiger partial charge < -0.3 is 10.5 Å². The highest BCUT2D eigenvalue weighted by Gasteiger charge is 2.23. The van der Waals surface area contributed by atoms with Gasteiger partial charge in [-0.05, 0) is 29.9 Å². The summed E-state index contributed by atoms with van der Waals surface area (Å²) in [6, 6.07) is 2.15. The minimum atomic E-state index is 0.275. The number of ether oxygens (including phenoxy) is 1. The molecule has 16 heavy (non-hydrogen) atoms. The van der Waals surface area contributed by atoms with Gasteiger partial charge in [-0.15, -0.1) is 11.3 Å². The highest BCUT2D eigenvalue weighted by atomic mass is 32.1. The van der Waals surface area contributed by atoms with Crippen molar-refractivity contribution in [2.45, 2.75) is 12.8 Å². The minimum absolute atomic E-state index is 0.275. The lowest BCUT2D eigenvalue weighted by molar-refractivity contribution is 0.392. The van der Waals surface area contributed by atoms with E-state index in [9.17, 15) is 0 Å². The summed E-state index contributed by atoms with van der Waals surface area (Å²) in [5.74, 6) is 0.887. The molecule has 0 aliphatic heterocycles. The van der Waals surface area contributed by atoms with E-state index in [2.05, 4.69) is 21.4 Å². The number of aryl methyl sites for hydroxylation is 1. The van der Waals surface area contributed by atoms with Crippen LogP contribution in [0.2, 0.25) is 0 Å². The maximum absolute atomic E-state index is 5.69. The number of nitrogens with two attached hydrogens (primary N) is 1. The summed E-state index contributed by atoms with van der Waals surface area (Å²) in [6.07, 6.45) is 1.94. The fraction of sp³-hybridized carbons (Fsp3) is 0.273. The number of aromatic nitrogens is 2. The second-order valence-corrected chi connectivity index (χ2v) is 4.61. The highest BCUT2D eigenvalue weighted by Crippen LogP contribution is 2.39. The third-order valence-corrected chi connectivity index (χ3v) is 3.75. The van der Waals surface area contributed by atoms with E-state index in [1.807, 2.05) is 0 Å². The lowest BCUT2D eigenvalue weighted by Crippen LogP contribution is -2.09. The van der Waals surface area contributed by atoms with Crippen LogP contribution in [0, 0.1) is 0 Å². The van der Waals surface area contributed by atoms with E-state index >= 15 is 0 Å². The van der Waals surface area contributed by atoms with Crippen LogP contribution in [0.5, 0.6) is 5.88 Å². The average Bonchev–Trinajstić information content (AvgIpc) is 2.76. The van der Waals surface area contributed by atoms with Crippen LogP contribution in [-0.2, 0) is 12.8 Å². The topological polar surface area (TPSA) is 61.0 Å².